The Bertz CT molecular complexity index is 1660. The van der Waals surface area contributed by atoms with Gasteiger partial charge in [0.25, 0.3) is 0 Å². The molecule has 3 atom stereocenters. The summed E-state index contributed by atoms with van der Waals surface area (Å²) in [6.07, 6.45) is 4.31. The van der Waals surface area contributed by atoms with Gasteiger partial charge in [-0.1, -0.05) is 36.4 Å². The third kappa shape index (κ3) is 8.35. The van der Waals surface area contributed by atoms with E-state index in [4.69, 9.17) is 22.3 Å². The topological polar surface area (TPSA) is 247 Å². The van der Waals surface area contributed by atoms with Gasteiger partial charge in [-0.3, -0.25) is 24.2 Å². The normalized spacial score (nSPS) is 13.1. The standard InChI is InChI=1S/C30H37N9O5/c31-21(12-17-14-35-22-8-3-1-6-19(17)22)27(42)39-25(13-18-15-36-23-9-4-2-7-20(18)23)29(44)38-24(10-5-11-34-30(32)33)28(43)37-16-26(40)41/h1-4,6-9,14-15,21,24-25,35-36H,5,10-13,16,31H2,(H,37,43)(H,38,44)(H,39,42)(H,40,41)(H4,32,33,34). The van der Waals surface area contributed by atoms with Crippen LogP contribution >= 0.6 is 0 Å². The number of aliphatic imine (C=N–C) groups is 1. The molecule has 14 heteroatoms. The lowest BCUT2D eigenvalue weighted by atomic mass is 10.0. The smallest absolute Gasteiger partial charge is 0.322 e. The molecular weight excluding hydrogens is 566 g/mol. The number of rotatable bonds is 15. The molecule has 0 bridgehead atoms. The summed E-state index contributed by atoms with van der Waals surface area (Å²) < 4.78 is 0. The van der Waals surface area contributed by atoms with Crippen molar-refractivity contribution in [3.05, 3.63) is 72.1 Å². The highest BCUT2D eigenvalue weighted by molar-refractivity contribution is 5.95. The van der Waals surface area contributed by atoms with Crippen LogP contribution in [0.4, 0.5) is 0 Å². The number of hydrogen-bond donors (Lipinski definition) is 9. The van der Waals surface area contributed by atoms with E-state index in [1.165, 1.54) is 0 Å². The quantitative estimate of drug-likeness (QED) is 0.0506. The summed E-state index contributed by atoms with van der Waals surface area (Å²) in [4.78, 5) is 61.2. The molecule has 2 aromatic heterocycles. The van der Waals surface area contributed by atoms with E-state index >= 15 is 0 Å². The molecule has 0 aliphatic heterocycles. The maximum atomic E-state index is 13.7. The maximum Gasteiger partial charge on any atom is 0.322 e. The summed E-state index contributed by atoms with van der Waals surface area (Å²) in [5, 5.41) is 18.6. The molecule has 3 unspecified atom stereocenters. The van der Waals surface area contributed by atoms with E-state index < -0.39 is 48.4 Å². The summed E-state index contributed by atoms with van der Waals surface area (Å²) in [6, 6.07) is 12.0. The van der Waals surface area contributed by atoms with Crippen molar-refractivity contribution in [2.75, 3.05) is 13.1 Å². The largest absolute Gasteiger partial charge is 0.480 e. The zero-order valence-corrected chi connectivity index (χ0v) is 24.0. The molecule has 2 heterocycles. The molecule has 44 heavy (non-hydrogen) atoms. The Labute approximate surface area is 252 Å². The second-order valence-electron chi connectivity index (χ2n) is 10.4. The fourth-order valence-electron chi connectivity index (χ4n) is 4.97. The van der Waals surface area contributed by atoms with Gasteiger partial charge in [-0.15, -0.1) is 0 Å². The van der Waals surface area contributed by atoms with Crippen molar-refractivity contribution in [2.45, 2.75) is 43.8 Å². The van der Waals surface area contributed by atoms with Crippen LogP contribution in [-0.4, -0.2) is 75.9 Å². The van der Waals surface area contributed by atoms with Crippen LogP contribution in [0.5, 0.6) is 0 Å². The molecule has 0 radical (unpaired) electrons. The fraction of sp³-hybridized carbons (Fsp3) is 0.300. The Balaban J connectivity index is 1.53. The number of nitrogens with two attached hydrogens (primary N) is 3. The molecule has 232 valence electrons. The number of aromatic nitrogens is 2. The zero-order valence-electron chi connectivity index (χ0n) is 24.0. The van der Waals surface area contributed by atoms with E-state index in [1.54, 1.807) is 12.4 Å². The van der Waals surface area contributed by atoms with E-state index in [2.05, 4.69) is 30.9 Å². The molecule has 12 N–H and O–H groups in total. The number of carboxylic acids is 1. The van der Waals surface area contributed by atoms with E-state index in [-0.39, 0.29) is 31.8 Å². The average Bonchev–Trinajstić information content (AvgIpc) is 3.60. The van der Waals surface area contributed by atoms with Gasteiger partial charge in [0.2, 0.25) is 17.7 Å². The number of aromatic amines is 2. The molecule has 0 aliphatic rings. The number of para-hydroxylation sites is 2. The summed E-state index contributed by atoms with van der Waals surface area (Å²) in [5.74, 6) is -3.24. The van der Waals surface area contributed by atoms with Crippen LogP contribution in [0.1, 0.15) is 24.0 Å². The predicted octanol–water partition coefficient (Wildman–Crippen LogP) is -0.0143. The van der Waals surface area contributed by atoms with Crippen LogP contribution in [0.2, 0.25) is 0 Å². The lowest BCUT2D eigenvalue weighted by Gasteiger charge is -2.24. The van der Waals surface area contributed by atoms with Gasteiger partial charge in [-0.2, -0.15) is 0 Å². The van der Waals surface area contributed by atoms with Crippen molar-refractivity contribution in [2.24, 2.45) is 22.2 Å². The molecule has 0 spiro atoms. The number of nitrogens with one attached hydrogen (secondary N) is 5. The lowest BCUT2D eigenvalue weighted by molar-refractivity contribution is -0.138. The Morgan fingerprint density at radius 2 is 1.36 bits per heavy atom. The number of fused-ring (bicyclic) bond motifs is 2. The van der Waals surface area contributed by atoms with Crippen molar-refractivity contribution in [1.82, 2.24) is 25.9 Å². The molecular formula is C30H37N9O5. The number of benzene rings is 2. The van der Waals surface area contributed by atoms with Crippen LogP contribution < -0.4 is 33.2 Å². The summed E-state index contributed by atoms with van der Waals surface area (Å²) in [7, 11) is 0. The van der Waals surface area contributed by atoms with Crippen LogP contribution in [0.25, 0.3) is 21.8 Å². The number of guanidine groups is 1. The highest BCUT2D eigenvalue weighted by Crippen LogP contribution is 2.21. The van der Waals surface area contributed by atoms with Crippen molar-refractivity contribution < 1.29 is 24.3 Å². The van der Waals surface area contributed by atoms with E-state index in [9.17, 15) is 19.2 Å². The Hall–Kier alpha value is -5.37. The van der Waals surface area contributed by atoms with E-state index in [0.717, 1.165) is 32.9 Å². The molecule has 3 amide bonds. The molecule has 14 nitrogen and oxygen atoms in total. The highest BCUT2D eigenvalue weighted by Gasteiger charge is 2.29. The van der Waals surface area contributed by atoms with Gasteiger partial charge in [0.1, 0.15) is 18.6 Å². The third-order valence-electron chi connectivity index (χ3n) is 7.18. The van der Waals surface area contributed by atoms with E-state index in [0.29, 0.717) is 6.42 Å². The number of amides is 3. The Morgan fingerprint density at radius 3 is 1.95 bits per heavy atom. The van der Waals surface area contributed by atoms with Gasteiger partial charge >= 0.3 is 5.97 Å². The average molecular weight is 604 g/mol. The number of carbonyl (C=O) groups is 4. The number of aliphatic carboxylic acids is 1. The molecule has 0 aliphatic carbocycles. The van der Waals surface area contributed by atoms with Gasteiger partial charge in [-0.05, 0) is 42.5 Å². The van der Waals surface area contributed by atoms with Crippen LogP contribution in [0.15, 0.2) is 65.9 Å². The number of nitrogens with zero attached hydrogens (tertiary/aromatic N) is 1. The number of carboxylic acid groups (broad SMARTS) is 1. The summed E-state index contributed by atoms with van der Waals surface area (Å²) >= 11 is 0. The maximum absolute atomic E-state index is 13.7. The molecule has 0 saturated carbocycles. The first-order valence-corrected chi connectivity index (χ1v) is 14.1. The van der Waals surface area contributed by atoms with Crippen LogP contribution in [0.3, 0.4) is 0 Å². The third-order valence-corrected chi connectivity index (χ3v) is 7.18. The summed E-state index contributed by atoms with van der Waals surface area (Å²) in [5.41, 5.74) is 20.5. The minimum atomic E-state index is -1.24. The zero-order chi connectivity index (χ0) is 31.6. The fourth-order valence-corrected chi connectivity index (χ4v) is 4.97. The monoisotopic (exact) mass is 603 g/mol. The Kier molecular flexibility index (Phi) is 10.5. The van der Waals surface area contributed by atoms with Crippen molar-refractivity contribution in [1.29, 1.82) is 0 Å². The molecule has 2 aromatic carbocycles. The van der Waals surface area contributed by atoms with E-state index in [1.807, 2.05) is 48.5 Å². The van der Waals surface area contributed by atoms with Crippen LogP contribution in [0, 0.1) is 0 Å². The minimum Gasteiger partial charge on any atom is -0.480 e. The molecule has 0 fully saturated rings. The van der Waals surface area contributed by atoms with Crippen molar-refractivity contribution >= 4 is 51.5 Å². The molecule has 4 rings (SSSR count). The lowest BCUT2D eigenvalue weighted by Crippen LogP contribution is -2.57. The minimum absolute atomic E-state index is 0.0961. The van der Waals surface area contributed by atoms with Gasteiger partial charge in [0.15, 0.2) is 5.96 Å². The summed E-state index contributed by atoms with van der Waals surface area (Å²) in [6.45, 7) is -0.434. The first-order valence-electron chi connectivity index (χ1n) is 14.1. The number of hydrogen-bond acceptors (Lipinski definition) is 6. The van der Waals surface area contributed by atoms with Crippen LogP contribution in [-0.2, 0) is 32.0 Å². The van der Waals surface area contributed by atoms with Gasteiger partial charge in [-0.25, -0.2) is 0 Å². The Morgan fingerprint density at radius 1 is 0.795 bits per heavy atom. The van der Waals surface area contributed by atoms with Gasteiger partial charge in [0, 0.05) is 47.2 Å². The van der Waals surface area contributed by atoms with Gasteiger partial charge in [0.05, 0.1) is 6.04 Å². The molecule has 4 aromatic rings. The van der Waals surface area contributed by atoms with Crippen molar-refractivity contribution in [3.8, 4) is 0 Å². The first kappa shape index (κ1) is 31.6. The number of H-pyrrole nitrogens is 2. The van der Waals surface area contributed by atoms with Gasteiger partial charge < -0.3 is 48.2 Å². The first-order chi connectivity index (χ1) is 21.1. The van der Waals surface area contributed by atoms with Crippen molar-refractivity contribution in [3.63, 3.8) is 0 Å². The predicted molar refractivity (Wildman–Crippen MR) is 166 cm³/mol. The highest BCUT2D eigenvalue weighted by atomic mass is 16.4. The second-order valence-corrected chi connectivity index (χ2v) is 10.4. The SMILES string of the molecule is NC(N)=NCCCC(NC(=O)C(Cc1c[nH]c2ccccc12)NC(=O)C(N)Cc1c[nH]c2ccccc12)C(=O)NCC(=O)O. The molecule has 0 saturated heterocycles. The second kappa shape index (κ2) is 14.7. The number of carbonyl (C=O) groups excluding carboxylic acids is 3.